The van der Waals surface area contributed by atoms with Crippen molar-refractivity contribution in [3.05, 3.63) is 44.7 Å². The Kier molecular flexibility index (Phi) is 5.18. The smallest absolute Gasteiger partial charge is 0.315 e. The van der Waals surface area contributed by atoms with E-state index < -0.39 is 5.92 Å². The number of aliphatic imine (C=N–C) groups is 1. The number of rotatable bonds is 3. The quantitative estimate of drug-likeness (QED) is 0.530. The fourth-order valence-electron chi connectivity index (χ4n) is 3.61. The molecule has 0 bridgehead atoms. The van der Waals surface area contributed by atoms with Gasteiger partial charge in [-0.3, -0.25) is 14.6 Å². The summed E-state index contributed by atoms with van der Waals surface area (Å²) in [5.41, 5.74) is 3.32. The highest BCUT2D eigenvalue weighted by molar-refractivity contribution is 14.1. The number of allylic oxidation sites excluding steroid dienone is 2. The lowest BCUT2D eigenvalue weighted by Crippen LogP contribution is -2.37. The van der Waals surface area contributed by atoms with Gasteiger partial charge in [-0.15, -0.1) is 0 Å². The van der Waals surface area contributed by atoms with Gasteiger partial charge < -0.3 is 4.74 Å². The predicted molar refractivity (Wildman–Crippen MR) is 101 cm³/mol. The molecule has 2 aliphatic rings. The lowest BCUT2D eigenvalue weighted by molar-refractivity contribution is -0.146. The minimum atomic E-state index is -0.526. The van der Waals surface area contributed by atoms with Crippen LogP contribution in [0.15, 0.2) is 40.5 Å². The van der Waals surface area contributed by atoms with Crippen LogP contribution in [-0.2, 0) is 14.3 Å². The maximum Gasteiger partial charge on any atom is 0.315 e. The molecular weight excluding hydrogens is 417 g/mol. The molecule has 1 aliphatic carbocycles. The van der Waals surface area contributed by atoms with Crippen molar-refractivity contribution in [3.8, 4) is 0 Å². The Hall–Kier alpha value is -1.50. The maximum absolute atomic E-state index is 12.7. The average molecular weight is 437 g/mol. The number of carbonyl (C=O) groups is 2. The molecule has 24 heavy (non-hydrogen) atoms. The first-order chi connectivity index (χ1) is 11.5. The first-order valence-electron chi connectivity index (χ1n) is 8.27. The summed E-state index contributed by atoms with van der Waals surface area (Å²) in [6.45, 7) is 3.99. The molecule has 0 saturated heterocycles. The third-order valence-electron chi connectivity index (χ3n) is 4.62. The van der Waals surface area contributed by atoms with E-state index >= 15 is 0 Å². The molecular formula is C19H20INO3. The number of benzene rings is 1. The molecule has 0 amide bonds. The molecule has 0 saturated carbocycles. The summed E-state index contributed by atoms with van der Waals surface area (Å²) in [7, 11) is 0. The second kappa shape index (κ2) is 7.17. The number of esters is 1. The van der Waals surface area contributed by atoms with Crippen molar-refractivity contribution in [2.45, 2.75) is 39.0 Å². The zero-order chi connectivity index (χ0) is 17.3. The van der Waals surface area contributed by atoms with Crippen LogP contribution in [0.4, 0.5) is 0 Å². The fourth-order valence-corrected chi connectivity index (χ4v) is 4.33. The van der Waals surface area contributed by atoms with Crippen molar-refractivity contribution in [1.82, 2.24) is 0 Å². The van der Waals surface area contributed by atoms with Gasteiger partial charge in [-0.1, -0.05) is 18.2 Å². The van der Waals surface area contributed by atoms with Crippen LogP contribution >= 0.6 is 22.6 Å². The van der Waals surface area contributed by atoms with Gasteiger partial charge in [0.25, 0.3) is 0 Å². The molecule has 126 valence electrons. The SMILES string of the molecule is CCOC(=O)C1C(C)=NC2=C(C(=O)CCC2)[C@H]1c1ccccc1I. The molecule has 0 aromatic heterocycles. The van der Waals surface area contributed by atoms with Crippen molar-refractivity contribution >= 4 is 40.1 Å². The zero-order valence-electron chi connectivity index (χ0n) is 13.8. The van der Waals surface area contributed by atoms with Gasteiger partial charge in [0.1, 0.15) is 5.92 Å². The average Bonchev–Trinajstić information content (AvgIpc) is 2.54. The van der Waals surface area contributed by atoms with Gasteiger partial charge in [0.05, 0.1) is 6.61 Å². The lowest BCUT2D eigenvalue weighted by Gasteiger charge is -2.34. The molecule has 1 unspecified atom stereocenters. The van der Waals surface area contributed by atoms with Gasteiger partial charge in [0, 0.05) is 32.9 Å². The summed E-state index contributed by atoms with van der Waals surface area (Å²) in [4.78, 5) is 29.9. The minimum Gasteiger partial charge on any atom is -0.465 e. The van der Waals surface area contributed by atoms with Crippen LogP contribution in [-0.4, -0.2) is 24.1 Å². The molecule has 1 aliphatic heterocycles. The Morgan fingerprint density at radius 3 is 2.79 bits per heavy atom. The summed E-state index contributed by atoms with van der Waals surface area (Å²) >= 11 is 2.27. The fraction of sp³-hybridized carbons (Fsp3) is 0.421. The van der Waals surface area contributed by atoms with E-state index in [1.54, 1.807) is 6.92 Å². The number of hydrogen-bond donors (Lipinski definition) is 0. The van der Waals surface area contributed by atoms with E-state index in [1.807, 2.05) is 31.2 Å². The number of carbonyl (C=O) groups excluding carboxylic acids is 2. The van der Waals surface area contributed by atoms with Crippen molar-refractivity contribution in [3.63, 3.8) is 0 Å². The molecule has 0 fully saturated rings. The first-order valence-corrected chi connectivity index (χ1v) is 9.35. The van der Waals surface area contributed by atoms with Gasteiger partial charge in [0.15, 0.2) is 5.78 Å². The summed E-state index contributed by atoms with van der Waals surface area (Å²) in [6, 6.07) is 7.93. The van der Waals surface area contributed by atoms with Crippen molar-refractivity contribution in [2.24, 2.45) is 10.9 Å². The summed E-state index contributed by atoms with van der Waals surface area (Å²) in [6.07, 6.45) is 2.16. The zero-order valence-corrected chi connectivity index (χ0v) is 16.0. The third kappa shape index (κ3) is 3.06. The number of halogens is 1. The van der Waals surface area contributed by atoms with Crippen molar-refractivity contribution < 1.29 is 14.3 Å². The standard InChI is InChI=1S/C19H20INO3/c1-3-24-19(23)16-11(2)21-14-9-6-10-15(22)18(14)17(16)12-7-4-5-8-13(12)20/h4-5,7-8,16-17H,3,6,9-10H2,1-2H3/t16?,17-/m0/s1. The van der Waals surface area contributed by atoms with E-state index in [1.165, 1.54) is 0 Å². The van der Waals surface area contributed by atoms with Crippen LogP contribution < -0.4 is 0 Å². The monoisotopic (exact) mass is 437 g/mol. The van der Waals surface area contributed by atoms with Gasteiger partial charge in [0.2, 0.25) is 0 Å². The van der Waals surface area contributed by atoms with Gasteiger partial charge in [-0.2, -0.15) is 0 Å². The van der Waals surface area contributed by atoms with Crippen LogP contribution in [0.3, 0.4) is 0 Å². The van der Waals surface area contributed by atoms with Crippen LogP contribution in [0, 0.1) is 9.49 Å². The van der Waals surface area contributed by atoms with Crippen molar-refractivity contribution in [2.75, 3.05) is 6.61 Å². The van der Waals surface area contributed by atoms with E-state index in [2.05, 4.69) is 27.6 Å². The highest BCUT2D eigenvalue weighted by atomic mass is 127. The largest absolute Gasteiger partial charge is 0.465 e. The Morgan fingerprint density at radius 1 is 1.33 bits per heavy atom. The molecule has 1 aromatic carbocycles. The van der Waals surface area contributed by atoms with Crippen LogP contribution in [0.2, 0.25) is 0 Å². The number of Topliss-reactive ketones (excluding diaryl/α,β-unsaturated/α-hetero) is 1. The molecule has 1 aromatic rings. The van der Waals surface area contributed by atoms with Gasteiger partial charge in [-0.25, -0.2) is 0 Å². The second-order valence-electron chi connectivity index (χ2n) is 6.12. The third-order valence-corrected chi connectivity index (χ3v) is 5.60. The van der Waals surface area contributed by atoms with Crippen LogP contribution in [0.25, 0.3) is 0 Å². The molecule has 3 rings (SSSR count). The Morgan fingerprint density at radius 2 is 2.08 bits per heavy atom. The predicted octanol–water partition coefficient (Wildman–Crippen LogP) is 4.04. The Balaban J connectivity index is 2.18. The maximum atomic E-state index is 12.7. The normalized spacial score (nSPS) is 23.6. The van der Waals surface area contributed by atoms with Crippen LogP contribution in [0.1, 0.15) is 44.6 Å². The molecule has 2 atom stereocenters. The van der Waals surface area contributed by atoms with E-state index in [0.29, 0.717) is 18.6 Å². The minimum absolute atomic E-state index is 0.117. The lowest BCUT2D eigenvalue weighted by atomic mass is 9.72. The highest BCUT2D eigenvalue weighted by Gasteiger charge is 2.43. The summed E-state index contributed by atoms with van der Waals surface area (Å²) in [5, 5.41) is 0. The molecule has 5 heteroatoms. The number of ether oxygens (including phenoxy) is 1. The summed E-state index contributed by atoms with van der Waals surface area (Å²) < 4.78 is 6.35. The van der Waals surface area contributed by atoms with E-state index in [4.69, 9.17) is 4.74 Å². The molecule has 0 N–H and O–H groups in total. The molecule has 0 radical (unpaired) electrons. The molecule has 4 nitrogen and oxygen atoms in total. The number of nitrogens with zero attached hydrogens (tertiary/aromatic N) is 1. The molecule has 1 heterocycles. The first kappa shape index (κ1) is 17.3. The van der Waals surface area contributed by atoms with Gasteiger partial charge >= 0.3 is 5.97 Å². The van der Waals surface area contributed by atoms with E-state index in [9.17, 15) is 9.59 Å². The van der Waals surface area contributed by atoms with Gasteiger partial charge in [-0.05, 0) is 60.9 Å². The second-order valence-corrected chi connectivity index (χ2v) is 7.28. The number of hydrogen-bond acceptors (Lipinski definition) is 4. The van der Waals surface area contributed by atoms with Crippen molar-refractivity contribution in [1.29, 1.82) is 0 Å². The van der Waals surface area contributed by atoms with E-state index in [0.717, 1.165) is 33.4 Å². The van der Waals surface area contributed by atoms with E-state index in [-0.39, 0.29) is 17.7 Å². The Labute approximate surface area is 155 Å². The molecule has 0 spiro atoms. The van der Waals surface area contributed by atoms with Crippen LogP contribution in [0.5, 0.6) is 0 Å². The number of ketones is 1. The summed E-state index contributed by atoms with van der Waals surface area (Å²) in [5.74, 6) is -1.00. The highest BCUT2D eigenvalue weighted by Crippen LogP contribution is 2.44. The Bertz CT molecular complexity index is 751. The topological polar surface area (TPSA) is 55.7 Å².